The van der Waals surface area contributed by atoms with Crippen LogP contribution in [0.5, 0.6) is 0 Å². The molecule has 0 spiro atoms. The number of aliphatic hydroxyl groups is 3. The maximum Gasteiger partial charge on any atom is 0.350 e. The van der Waals surface area contributed by atoms with E-state index in [1.807, 2.05) is 4.98 Å². The SMILES string of the molecule is O=c1ncn(C2OC(CO)C(O)C2O)c(=O)[nH]1. The van der Waals surface area contributed by atoms with Crippen molar-refractivity contribution < 1.29 is 20.1 Å². The highest BCUT2D eigenvalue weighted by Gasteiger charge is 2.43. The summed E-state index contributed by atoms with van der Waals surface area (Å²) in [7, 11) is 0. The van der Waals surface area contributed by atoms with Gasteiger partial charge in [0.15, 0.2) is 6.23 Å². The van der Waals surface area contributed by atoms with Crippen molar-refractivity contribution in [1.29, 1.82) is 0 Å². The van der Waals surface area contributed by atoms with Gasteiger partial charge in [0, 0.05) is 0 Å². The van der Waals surface area contributed by atoms with Gasteiger partial charge in [0.2, 0.25) is 0 Å². The van der Waals surface area contributed by atoms with Gasteiger partial charge in [0.25, 0.3) is 0 Å². The second-order valence-corrected chi connectivity index (χ2v) is 3.62. The summed E-state index contributed by atoms with van der Waals surface area (Å²) in [5.41, 5.74) is -1.64. The molecule has 2 rings (SSSR count). The molecule has 0 aromatic carbocycles. The number of hydrogen-bond donors (Lipinski definition) is 4. The van der Waals surface area contributed by atoms with E-state index in [1.165, 1.54) is 0 Å². The van der Waals surface area contributed by atoms with Gasteiger partial charge in [-0.2, -0.15) is 4.98 Å². The molecule has 1 aliphatic heterocycles. The number of nitrogens with one attached hydrogen (secondary N) is 1. The summed E-state index contributed by atoms with van der Waals surface area (Å²) in [6.07, 6.45) is -3.99. The second-order valence-electron chi connectivity index (χ2n) is 3.62. The molecule has 0 amide bonds. The fourth-order valence-electron chi connectivity index (χ4n) is 1.65. The predicted octanol–water partition coefficient (Wildman–Crippen LogP) is -3.46. The molecule has 0 aliphatic carbocycles. The molecule has 1 aromatic heterocycles. The van der Waals surface area contributed by atoms with Gasteiger partial charge in [-0.3, -0.25) is 9.55 Å². The summed E-state index contributed by atoms with van der Waals surface area (Å²) in [6, 6.07) is 0. The molecule has 17 heavy (non-hydrogen) atoms. The smallest absolute Gasteiger partial charge is 0.350 e. The minimum atomic E-state index is -1.39. The maximum absolute atomic E-state index is 11.4. The molecule has 2 heterocycles. The van der Waals surface area contributed by atoms with E-state index in [2.05, 4.69) is 4.98 Å². The van der Waals surface area contributed by atoms with Crippen LogP contribution >= 0.6 is 0 Å². The Labute approximate surface area is 93.9 Å². The van der Waals surface area contributed by atoms with E-state index in [-0.39, 0.29) is 0 Å². The van der Waals surface area contributed by atoms with E-state index >= 15 is 0 Å². The predicted molar refractivity (Wildman–Crippen MR) is 52.1 cm³/mol. The summed E-state index contributed by atoms with van der Waals surface area (Å²) < 4.78 is 5.93. The summed E-state index contributed by atoms with van der Waals surface area (Å²) in [6.45, 7) is -0.500. The van der Waals surface area contributed by atoms with Crippen LogP contribution in [0.15, 0.2) is 15.9 Å². The third kappa shape index (κ3) is 2.00. The number of rotatable bonds is 2. The van der Waals surface area contributed by atoms with Crippen LogP contribution < -0.4 is 11.4 Å². The molecule has 9 heteroatoms. The first-order valence-electron chi connectivity index (χ1n) is 4.84. The number of aromatic nitrogens is 3. The molecule has 1 aromatic rings. The number of aromatic amines is 1. The van der Waals surface area contributed by atoms with Gasteiger partial charge in [-0.05, 0) is 0 Å². The highest BCUT2D eigenvalue weighted by atomic mass is 16.6. The summed E-state index contributed by atoms with van der Waals surface area (Å²) in [4.78, 5) is 27.4. The molecule has 94 valence electrons. The van der Waals surface area contributed by atoms with Crippen molar-refractivity contribution in [2.45, 2.75) is 24.5 Å². The Morgan fingerprint density at radius 1 is 1.41 bits per heavy atom. The normalized spacial score (nSPS) is 32.9. The minimum Gasteiger partial charge on any atom is -0.394 e. The highest BCUT2D eigenvalue weighted by molar-refractivity contribution is 4.89. The molecule has 1 saturated heterocycles. The molecular weight excluding hydrogens is 234 g/mol. The zero-order valence-electron chi connectivity index (χ0n) is 8.55. The van der Waals surface area contributed by atoms with Gasteiger partial charge in [0.05, 0.1) is 6.61 Å². The first-order valence-corrected chi connectivity index (χ1v) is 4.84. The molecule has 4 atom stereocenters. The van der Waals surface area contributed by atoms with Crippen LogP contribution in [0.25, 0.3) is 0 Å². The Kier molecular flexibility index (Phi) is 3.07. The van der Waals surface area contributed by atoms with E-state index in [9.17, 15) is 19.8 Å². The Morgan fingerprint density at radius 3 is 2.65 bits per heavy atom. The van der Waals surface area contributed by atoms with Crippen LogP contribution in [0.2, 0.25) is 0 Å². The largest absolute Gasteiger partial charge is 0.394 e. The molecule has 0 saturated carbocycles. The number of ether oxygens (including phenoxy) is 1. The van der Waals surface area contributed by atoms with Crippen molar-refractivity contribution >= 4 is 0 Å². The first-order chi connectivity index (χ1) is 8.04. The fraction of sp³-hybridized carbons (Fsp3) is 0.625. The topological polar surface area (TPSA) is 138 Å². The molecule has 9 nitrogen and oxygen atoms in total. The van der Waals surface area contributed by atoms with Crippen molar-refractivity contribution in [3.8, 4) is 0 Å². The quantitative estimate of drug-likeness (QED) is 0.425. The van der Waals surface area contributed by atoms with Gasteiger partial charge in [-0.25, -0.2) is 9.59 Å². The number of nitrogens with zero attached hydrogens (tertiary/aromatic N) is 2. The zero-order valence-corrected chi connectivity index (χ0v) is 8.55. The third-order valence-corrected chi connectivity index (χ3v) is 2.54. The monoisotopic (exact) mass is 245 g/mol. The molecular formula is C8H11N3O6. The van der Waals surface area contributed by atoms with Gasteiger partial charge in [0.1, 0.15) is 24.6 Å². The summed E-state index contributed by atoms with van der Waals surface area (Å²) in [5.74, 6) is 0. The van der Waals surface area contributed by atoms with Crippen LogP contribution in [0.3, 0.4) is 0 Å². The number of hydrogen-bond acceptors (Lipinski definition) is 7. The van der Waals surface area contributed by atoms with Gasteiger partial charge in [-0.1, -0.05) is 0 Å². The lowest BCUT2D eigenvalue weighted by atomic mass is 10.1. The van der Waals surface area contributed by atoms with E-state index < -0.39 is 42.5 Å². The standard InChI is InChI=1S/C8H11N3O6/c12-1-3-4(13)5(14)6(17-3)11-2-9-7(15)10-8(11)16/h2-6,12-14H,1H2,(H,10,15,16). The summed E-state index contributed by atoms with van der Waals surface area (Å²) >= 11 is 0. The van der Waals surface area contributed by atoms with Crippen molar-refractivity contribution in [3.63, 3.8) is 0 Å². The van der Waals surface area contributed by atoms with Crippen molar-refractivity contribution in [1.82, 2.24) is 14.5 Å². The number of aliphatic hydroxyl groups excluding tert-OH is 3. The number of H-pyrrole nitrogens is 1. The molecule has 0 radical (unpaired) electrons. The van der Waals surface area contributed by atoms with Gasteiger partial charge in [-0.15, -0.1) is 0 Å². The molecule has 1 fully saturated rings. The van der Waals surface area contributed by atoms with Crippen LogP contribution in [0.4, 0.5) is 0 Å². The van der Waals surface area contributed by atoms with Gasteiger partial charge >= 0.3 is 11.4 Å². The van der Waals surface area contributed by atoms with Crippen LogP contribution in [-0.4, -0.2) is 54.8 Å². The van der Waals surface area contributed by atoms with E-state index in [0.717, 1.165) is 10.9 Å². The van der Waals surface area contributed by atoms with E-state index in [4.69, 9.17) is 9.84 Å². The molecule has 1 aliphatic rings. The minimum absolute atomic E-state index is 0.500. The lowest BCUT2D eigenvalue weighted by Gasteiger charge is -2.15. The zero-order chi connectivity index (χ0) is 12.6. The maximum atomic E-state index is 11.4. The van der Waals surface area contributed by atoms with E-state index in [1.54, 1.807) is 0 Å². The molecule has 4 N–H and O–H groups in total. The van der Waals surface area contributed by atoms with Crippen molar-refractivity contribution in [2.24, 2.45) is 0 Å². The second kappa shape index (κ2) is 4.37. The molecule has 4 unspecified atom stereocenters. The first kappa shape index (κ1) is 11.9. The summed E-state index contributed by atoms with van der Waals surface area (Å²) in [5, 5.41) is 28.0. The Morgan fingerprint density at radius 2 is 2.12 bits per heavy atom. The average Bonchev–Trinajstić information content (AvgIpc) is 2.57. The fourth-order valence-corrected chi connectivity index (χ4v) is 1.65. The Hall–Kier alpha value is -1.55. The Balaban J connectivity index is 2.35. The van der Waals surface area contributed by atoms with Gasteiger partial charge < -0.3 is 20.1 Å². The highest BCUT2D eigenvalue weighted by Crippen LogP contribution is 2.27. The van der Waals surface area contributed by atoms with E-state index in [0.29, 0.717) is 0 Å². The molecule has 0 bridgehead atoms. The lowest BCUT2D eigenvalue weighted by Crippen LogP contribution is -2.38. The Bertz CT molecular complexity index is 510. The van der Waals surface area contributed by atoms with Crippen molar-refractivity contribution in [3.05, 3.63) is 27.3 Å². The van der Waals surface area contributed by atoms with Crippen LogP contribution in [0.1, 0.15) is 6.23 Å². The van der Waals surface area contributed by atoms with Crippen LogP contribution in [0, 0.1) is 0 Å². The third-order valence-electron chi connectivity index (χ3n) is 2.54. The average molecular weight is 245 g/mol. The van der Waals surface area contributed by atoms with Crippen LogP contribution in [-0.2, 0) is 4.74 Å². The van der Waals surface area contributed by atoms with Crippen molar-refractivity contribution in [2.75, 3.05) is 6.61 Å². The lowest BCUT2D eigenvalue weighted by molar-refractivity contribution is -0.0555.